The molecular weight excluding hydrogens is 228 g/mol. The van der Waals surface area contributed by atoms with Crippen molar-refractivity contribution in [1.29, 1.82) is 0 Å². The number of nitrogens with two attached hydrogens (primary N) is 2. The Bertz CT molecular complexity index is 703. The normalized spacial score (nSPS) is 10.9. The predicted molar refractivity (Wildman–Crippen MR) is 69.7 cm³/mol. The molecule has 6 heteroatoms. The van der Waals surface area contributed by atoms with Gasteiger partial charge in [-0.15, -0.1) is 0 Å². The zero-order chi connectivity index (χ0) is 12.5. The number of aromatic nitrogens is 4. The molecule has 1 aromatic carbocycles. The van der Waals surface area contributed by atoms with Crippen LogP contribution in [0.3, 0.4) is 0 Å². The largest absolute Gasteiger partial charge is 0.398 e. The van der Waals surface area contributed by atoms with E-state index in [4.69, 9.17) is 11.5 Å². The standard InChI is InChI=1S/C12H12N6/c13-9-4-2-1-3-8(9)5-18-7-17-10-11(14)15-6-16-12(10)18/h1-4,6-7H,5,13H2,(H2,14,15,16). The van der Waals surface area contributed by atoms with Crippen LogP contribution in [0.5, 0.6) is 0 Å². The molecule has 3 rings (SSSR count). The van der Waals surface area contributed by atoms with Crippen molar-refractivity contribution < 1.29 is 0 Å². The van der Waals surface area contributed by atoms with E-state index < -0.39 is 0 Å². The molecule has 0 aliphatic carbocycles. The van der Waals surface area contributed by atoms with E-state index in [-0.39, 0.29) is 0 Å². The number of hydrogen-bond acceptors (Lipinski definition) is 5. The number of para-hydroxylation sites is 1. The summed E-state index contributed by atoms with van der Waals surface area (Å²) in [6.45, 7) is 0.611. The van der Waals surface area contributed by atoms with Crippen molar-refractivity contribution in [3.63, 3.8) is 0 Å². The Kier molecular flexibility index (Phi) is 2.33. The Hall–Kier alpha value is -2.63. The van der Waals surface area contributed by atoms with Crippen molar-refractivity contribution in [1.82, 2.24) is 19.5 Å². The lowest BCUT2D eigenvalue weighted by Gasteiger charge is -2.06. The second kappa shape index (κ2) is 3.99. The summed E-state index contributed by atoms with van der Waals surface area (Å²) in [7, 11) is 0. The lowest BCUT2D eigenvalue weighted by atomic mass is 10.2. The Morgan fingerprint density at radius 1 is 1.06 bits per heavy atom. The molecule has 0 amide bonds. The molecule has 0 atom stereocenters. The third-order valence-corrected chi connectivity index (χ3v) is 2.83. The van der Waals surface area contributed by atoms with Crippen LogP contribution in [0.2, 0.25) is 0 Å². The van der Waals surface area contributed by atoms with Crippen LogP contribution in [0.25, 0.3) is 11.2 Å². The highest BCUT2D eigenvalue weighted by atomic mass is 15.1. The number of benzene rings is 1. The predicted octanol–water partition coefficient (Wildman–Crippen LogP) is 1.04. The Morgan fingerprint density at radius 3 is 2.72 bits per heavy atom. The van der Waals surface area contributed by atoms with Crippen molar-refractivity contribution in [2.75, 3.05) is 11.5 Å². The molecule has 4 N–H and O–H groups in total. The van der Waals surface area contributed by atoms with Crippen LogP contribution in [0.15, 0.2) is 36.9 Å². The van der Waals surface area contributed by atoms with Gasteiger partial charge in [0.15, 0.2) is 11.5 Å². The van der Waals surface area contributed by atoms with Gasteiger partial charge >= 0.3 is 0 Å². The molecule has 0 aliphatic rings. The summed E-state index contributed by atoms with van der Waals surface area (Å²) < 4.78 is 1.90. The number of hydrogen-bond donors (Lipinski definition) is 2. The van der Waals surface area contributed by atoms with Gasteiger partial charge in [0.05, 0.1) is 12.9 Å². The van der Waals surface area contributed by atoms with E-state index in [9.17, 15) is 0 Å². The fourth-order valence-corrected chi connectivity index (χ4v) is 1.88. The fourth-order valence-electron chi connectivity index (χ4n) is 1.88. The van der Waals surface area contributed by atoms with Crippen molar-refractivity contribution in [2.45, 2.75) is 6.54 Å². The Labute approximate surface area is 103 Å². The van der Waals surface area contributed by atoms with Crippen LogP contribution in [0.1, 0.15) is 5.56 Å². The summed E-state index contributed by atoms with van der Waals surface area (Å²) in [4.78, 5) is 12.3. The van der Waals surface area contributed by atoms with Gasteiger partial charge in [-0.1, -0.05) is 18.2 Å². The van der Waals surface area contributed by atoms with Gasteiger partial charge in [0.2, 0.25) is 0 Å². The second-order valence-electron chi connectivity index (χ2n) is 4.00. The van der Waals surface area contributed by atoms with Crippen LogP contribution < -0.4 is 11.5 Å². The molecule has 0 saturated heterocycles. The Balaban J connectivity index is 2.06. The van der Waals surface area contributed by atoms with Gasteiger partial charge in [-0.2, -0.15) is 0 Å². The molecular formula is C12H12N6. The fraction of sp³-hybridized carbons (Fsp3) is 0.0833. The second-order valence-corrected chi connectivity index (χ2v) is 4.00. The molecule has 0 aliphatic heterocycles. The number of fused-ring (bicyclic) bond motifs is 1. The highest BCUT2D eigenvalue weighted by Crippen LogP contribution is 2.18. The number of rotatable bonds is 2. The van der Waals surface area contributed by atoms with Gasteiger partial charge in [0.25, 0.3) is 0 Å². The molecule has 0 radical (unpaired) electrons. The van der Waals surface area contributed by atoms with Crippen LogP contribution in [0, 0.1) is 0 Å². The van der Waals surface area contributed by atoms with Gasteiger partial charge in [0.1, 0.15) is 11.8 Å². The Morgan fingerprint density at radius 2 is 1.89 bits per heavy atom. The van der Waals surface area contributed by atoms with Crippen molar-refractivity contribution in [2.24, 2.45) is 0 Å². The third kappa shape index (κ3) is 1.64. The summed E-state index contributed by atoms with van der Waals surface area (Å²) in [5.41, 5.74) is 14.8. The first-order valence-electron chi connectivity index (χ1n) is 5.50. The highest BCUT2D eigenvalue weighted by Gasteiger charge is 2.08. The lowest BCUT2D eigenvalue weighted by Crippen LogP contribution is -2.03. The van der Waals surface area contributed by atoms with Crippen molar-refractivity contribution in [3.05, 3.63) is 42.5 Å². The van der Waals surface area contributed by atoms with Gasteiger partial charge in [0, 0.05) is 5.69 Å². The zero-order valence-electron chi connectivity index (χ0n) is 9.61. The smallest absolute Gasteiger partial charge is 0.165 e. The van der Waals surface area contributed by atoms with E-state index in [1.165, 1.54) is 6.33 Å². The number of anilines is 2. The topological polar surface area (TPSA) is 95.6 Å². The average Bonchev–Trinajstić information content (AvgIpc) is 2.77. The first-order chi connectivity index (χ1) is 8.75. The molecule has 90 valence electrons. The molecule has 2 heterocycles. The van der Waals surface area contributed by atoms with Crippen LogP contribution >= 0.6 is 0 Å². The molecule has 0 fully saturated rings. The molecule has 3 aromatic rings. The molecule has 0 unspecified atom stereocenters. The minimum atomic E-state index is 0.389. The van der Waals surface area contributed by atoms with Crippen molar-refractivity contribution >= 4 is 22.7 Å². The van der Waals surface area contributed by atoms with Gasteiger partial charge in [-0.3, -0.25) is 0 Å². The quantitative estimate of drug-likeness (QED) is 0.652. The van der Waals surface area contributed by atoms with E-state index >= 15 is 0 Å². The first kappa shape index (κ1) is 10.5. The van der Waals surface area contributed by atoms with Gasteiger partial charge in [-0.05, 0) is 11.6 Å². The maximum Gasteiger partial charge on any atom is 0.165 e. The van der Waals surface area contributed by atoms with E-state index in [0.29, 0.717) is 23.5 Å². The zero-order valence-corrected chi connectivity index (χ0v) is 9.61. The van der Waals surface area contributed by atoms with Gasteiger partial charge < -0.3 is 16.0 Å². The number of nitrogen functional groups attached to an aromatic ring is 2. The third-order valence-electron chi connectivity index (χ3n) is 2.83. The lowest BCUT2D eigenvalue weighted by molar-refractivity contribution is 0.815. The minimum absolute atomic E-state index is 0.389. The maximum absolute atomic E-state index is 5.92. The van der Waals surface area contributed by atoms with Crippen LogP contribution in [-0.4, -0.2) is 19.5 Å². The molecule has 6 nitrogen and oxygen atoms in total. The van der Waals surface area contributed by atoms with Gasteiger partial charge in [-0.25, -0.2) is 15.0 Å². The van der Waals surface area contributed by atoms with Crippen LogP contribution in [0.4, 0.5) is 11.5 Å². The first-order valence-corrected chi connectivity index (χ1v) is 5.50. The monoisotopic (exact) mass is 240 g/mol. The number of imidazole rings is 1. The maximum atomic E-state index is 5.92. The van der Waals surface area contributed by atoms with E-state index in [1.54, 1.807) is 6.33 Å². The summed E-state index contributed by atoms with van der Waals surface area (Å²) in [6, 6.07) is 7.71. The van der Waals surface area contributed by atoms with Crippen LogP contribution in [-0.2, 0) is 6.54 Å². The highest BCUT2D eigenvalue weighted by molar-refractivity contribution is 5.81. The van der Waals surface area contributed by atoms with Crippen molar-refractivity contribution in [3.8, 4) is 0 Å². The summed E-state index contributed by atoms with van der Waals surface area (Å²) in [5, 5.41) is 0. The molecule has 18 heavy (non-hydrogen) atoms. The molecule has 2 aromatic heterocycles. The van der Waals surface area contributed by atoms with E-state index in [0.717, 1.165) is 11.3 Å². The summed E-state index contributed by atoms with van der Waals surface area (Å²) in [5.74, 6) is 0.389. The molecule has 0 bridgehead atoms. The van der Waals surface area contributed by atoms with E-state index in [1.807, 2.05) is 28.8 Å². The summed E-state index contributed by atoms with van der Waals surface area (Å²) in [6.07, 6.45) is 3.13. The molecule has 0 saturated carbocycles. The van der Waals surface area contributed by atoms with E-state index in [2.05, 4.69) is 15.0 Å². The minimum Gasteiger partial charge on any atom is -0.398 e. The number of nitrogens with zero attached hydrogens (tertiary/aromatic N) is 4. The summed E-state index contributed by atoms with van der Waals surface area (Å²) >= 11 is 0. The average molecular weight is 240 g/mol. The SMILES string of the molecule is Nc1ccccc1Cn1cnc2c(N)ncnc21. The molecule has 0 spiro atoms.